The predicted octanol–water partition coefficient (Wildman–Crippen LogP) is 1.08. The Balaban J connectivity index is 2.79. The summed E-state index contributed by atoms with van der Waals surface area (Å²) in [5.41, 5.74) is 7.68. The fourth-order valence-electron chi connectivity index (χ4n) is 1.23. The van der Waals surface area contributed by atoms with Gasteiger partial charge in [-0.05, 0) is 33.3 Å². The minimum atomic E-state index is -0.857. The second-order valence-corrected chi connectivity index (χ2v) is 5.22. The molecule has 1 aromatic rings. The highest BCUT2D eigenvalue weighted by molar-refractivity contribution is 8.00. The van der Waals surface area contributed by atoms with Crippen molar-refractivity contribution < 1.29 is 9.59 Å². The zero-order valence-electron chi connectivity index (χ0n) is 10.8. The van der Waals surface area contributed by atoms with Gasteiger partial charge in [0.2, 0.25) is 5.91 Å². The van der Waals surface area contributed by atoms with Crippen molar-refractivity contribution in [2.75, 3.05) is 0 Å². The maximum Gasteiger partial charge on any atom is 0.318 e. The predicted molar refractivity (Wildman–Crippen MR) is 69.3 cm³/mol. The summed E-state index contributed by atoms with van der Waals surface area (Å²) < 4.78 is 0. The number of hydrogen-bond donors (Lipinski definition) is 2. The molecule has 0 unspecified atom stereocenters. The topological polar surface area (TPSA) is 98.0 Å². The lowest BCUT2D eigenvalue weighted by Gasteiger charge is -2.11. The molecular formula is C11H16N4O2S. The van der Waals surface area contributed by atoms with Gasteiger partial charge in [-0.15, -0.1) is 0 Å². The van der Waals surface area contributed by atoms with E-state index in [4.69, 9.17) is 5.73 Å². The summed E-state index contributed by atoms with van der Waals surface area (Å²) in [6, 6.07) is -0.857. The summed E-state index contributed by atoms with van der Waals surface area (Å²) in [6.45, 7) is 7.39. The molecule has 0 fully saturated rings. The molecule has 0 aliphatic carbocycles. The van der Waals surface area contributed by atoms with Crippen molar-refractivity contribution in [1.29, 1.82) is 0 Å². The van der Waals surface area contributed by atoms with Crippen LogP contribution in [-0.4, -0.2) is 27.2 Å². The van der Waals surface area contributed by atoms with Crippen LogP contribution in [0.25, 0.3) is 0 Å². The monoisotopic (exact) mass is 268 g/mol. The van der Waals surface area contributed by atoms with Gasteiger partial charge in [0.1, 0.15) is 0 Å². The van der Waals surface area contributed by atoms with Gasteiger partial charge in [-0.1, -0.05) is 11.8 Å². The number of imide groups is 1. The highest BCUT2D eigenvalue weighted by Gasteiger charge is 2.18. The number of nitrogens with two attached hydrogens (primary N) is 1. The van der Waals surface area contributed by atoms with Crippen molar-refractivity contribution in [3.63, 3.8) is 0 Å². The Kier molecular flexibility index (Phi) is 4.66. The molecule has 0 spiro atoms. The fourth-order valence-corrected chi connectivity index (χ4v) is 2.09. The van der Waals surface area contributed by atoms with E-state index in [1.54, 1.807) is 6.92 Å². The van der Waals surface area contributed by atoms with E-state index in [1.807, 2.05) is 26.1 Å². The van der Waals surface area contributed by atoms with Crippen LogP contribution in [0.2, 0.25) is 0 Å². The van der Waals surface area contributed by atoms with Gasteiger partial charge in [-0.3, -0.25) is 10.1 Å². The standard InChI is InChI=1S/C11H16N4O2S/c1-5-6(2)13-11(14-7(5)3)18-8(4)9(16)15-10(12)17/h8H,1-4H3,(H3,12,15,16,17)/t8-/m1/s1. The van der Waals surface area contributed by atoms with Crippen molar-refractivity contribution in [1.82, 2.24) is 15.3 Å². The Morgan fingerprint density at radius 3 is 2.17 bits per heavy atom. The summed E-state index contributed by atoms with van der Waals surface area (Å²) in [4.78, 5) is 30.7. The minimum Gasteiger partial charge on any atom is -0.351 e. The van der Waals surface area contributed by atoms with Crippen LogP contribution in [0.4, 0.5) is 4.79 Å². The number of carbonyl (C=O) groups excluding carboxylic acids is 2. The van der Waals surface area contributed by atoms with Gasteiger partial charge in [-0.25, -0.2) is 14.8 Å². The first kappa shape index (κ1) is 14.4. The molecule has 1 atom stereocenters. The number of nitrogens with one attached hydrogen (secondary N) is 1. The molecular weight excluding hydrogens is 252 g/mol. The third-order valence-electron chi connectivity index (χ3n) is 2.51. The van der Waals surface area contributed by atoms with Gasteiger partial charge in [-0.2, -0.15) is 0 Å². The van der Waals surface area contributed by atoms with Crippen LogP contribution in [0.15, 0.2) is 5.16 Å². The average molecular weight is 268 g/mol. The maximum atomic E-state index is 11.5. The normalized spacial score (nSPS) is 12.0. The van der Waals surface area contributed by atoms with Gasteiger partial charge in [0, 0.05) is 11.4 Å². The summed E-state index contributed by atoms with van der Waals surface area (Å²) in [6.07, 6.45) is 0. The molecule has 0 aliphatic rings. The lowest BCUT2D eigenvalue weighted by atomic mass is 10.2. The smallest absolute Gasteiger partial charge is 0.318 e. The average Bonchev–Trinajstić information content (AvgIpc) is 2.24. The number of amides is 3. The third kappa shape index (κ3) is 3.69. The molecule has 0 saturated carbocycles. The molecule has 1 rings (SSSR count). The molecule has 7 heteroatoms. The van der Waals surface area contributed by atoms with E-state index in [2.05, 4.69) is 9.97 Å². The number of urea groups is 1. The highest BCUT2D eigenvalue weighted by Crippen LogP contribution is 2.21. The van der Waals surface area contributed by atoms with E-state index < -0.39 is 17.2 Å². The second kappa shape index (κ2) is 5.81. The lowest BCUT2D eigenvalue weighted by Crippen LogP contribution is -2.39. The molecule has 18 heavy (non-hydrogen) atoms. The van der Waals surface area contributed by atoms with Crippen LogP contribution in [0.3, 0.4) is 0 Å². The lowest BCUT2D eigenvalue weighted by molar-refractivity contribution is -0.119. The number of thioether (sulfide) groups is 1. The van der Waals surface area contributed by atoms with Crippen LogP contribution in [-0.2, 0) is 4.79 Å². The summed E-state index contributed by atoms with van der Waals surface area (Å²) in [7, 11) is 0. The third-order valence-corrected chi connectivity index (χ3v) is 3.47. The van der Waals surface area contributed by atoms with Crippen LogP contribution in [0, 0.1) is 20.8 Å². The van der Waals surface area contributed by atoms with Gasteiger partial charge >= 0.3 is 6.03 Å². The van der Waals surface area contributed by atoms with E-state index in [0.717, 1.165) is 17.0 Å². The highest BCUT2D eigenvalue weighted by atomic mass is 32.2. The van der Waals surface area contributed by atoms with Crippen LogP contribution in [0.1, 0.15) is 23.9 Å². The molecule has 0 saturated heterocycles. The largest absolute Gasteiger partial charge is 0.351 e. The number of rotatable bonds is 3. The van der Waals surface area contributed by atoms with Crippen LogP contribution in [0.5, 0.6) is 0 Å². The Morgan fingerprint density at radius 2 is 1.72 bits per heavy atom. The summed E-state index contributed by atoms with van der Waals surface area (Å²) in [5, 5.41) is 2.06. The van der Waals surface area contributed by atoms with Crippen LogP contribution < -0.4 is 11.1 Å². The van der Waals surface area contributed by atoms with E-state index in [-0.39, 0.29) is 0 Å². The zero-order chi connectivity index (χ0) is 13.9. The first-order valence-electron chi connectivity index (χ1n) is 5.40. The second-order valence-electron chi connectivity index (χ2n) is 3.92. The molecule has 0 radical (unpaired) electrons. The molecule has 6 nitrogen and oxygen atoms in total. The number of hydrogen-bond acceptors (Lipinski definition) is 5. The SMILES string of the molecule is Cc1nc(S[C@H](C)C(=O)NC(N)=O)nc(C)c1C. The molecule has 0 aromatic carbocycles. The van der Waals surface area contributed by atoms with Crippen molar-refractivity contribution in [3.8, 4) is 0 Å². The quantitative estimate of drug-likeness (QED) is 0.631. The van der Waals surface area contributed by atoms with Gasteiger partial charge in [0.25, 0.3) is 0 Å². The minimum absolute atomic E-state index is 0.452. The van der Waals surface area contributed by atoms with Gasteiger partial charge in [0.15, 0.2) is 5.16 Å². The fraction of sp³-hybridized carbons (Fsp3) is 0.455. The first-order valence-corrected chi connectivity index (χ1v) is 6.28. The zero-order valence-corrected chi connectivity index (χ0v) is 11.6. The Hall–Kier alpha value is -1.63. The van der Waals surface area contributed by atoms with Crippen LogP contribution >= 0.6 is 11.8 Å². The molecule has 0 aliphatic heterocycles. The van der Waals surface area contributed by atoms with Gasteiger partial charge in [0.05, 0.1) is 5.25 Å². The van der Waals surface area contributed by atoms with E-state index in [0.29, 0.717) is 5.16 Å². The number of carbonyl (C=O) groups is 2. The number of aryl methyl sites for hydroxylation is 2. The molecule has 3 amide bonds. The Labute approximate surface area is 110 Å². The summed E-state index contributed by atoms with van der Waals surface area (Å²) >= 11 is 1.19. The first-order chi connectivity index (χ1) is 8.31. The van der Waals surface area contributed by atoms with E-state index in [9.17, 15) is 9.59 Å². The number of primary amides is 1. The molecule has 0 bridgehead atoms. The molecule has 1 heterocycles. The Morgan fingerprint density at radius 1 is 1.22 bits per heavy atom. The number of aromatic nitrogens is 2. The maximum absolute atomic E-state index is 11.5. The summed E-state index contributed by atoms with van der Waals surface area (Å²) in [5.74, 6) is -0.452. The van der Waals surface area contributed by atoms with Crippen molar-refractivity contribution >= 4 is 23.7 Å². The molecule has 98 valence electrons. The van der Waals surface area contributed by atoms with E-state index >= 15 is 0 Å². The number of nitrogens with zero attached hydrogens (tertiary/aromatic N) is 2. The van der Waals surface area contributed by atoms with Crippen molar-refractivity contribution in [2.24, 2.45) is 5.73 Å². The van der Waals surface area contributed by atoms with E-state index in [1.165, 1.54) is 11.8 Å². The van der Waals surface area contributed by atoms with Crippen molar-refractivity contribution in [2.45, 2.75) is 38.1 Å². The molecule has 1 aromatic heterocycles. The Bertz CT molecular complexity index is 467. The molecule has 3 N–H and O–H groups in total. The van der Waals surface area contributed by atoms with Crippen molar-refractivity contribution in [3.05, 3.63) is 17.0 Å². The van der Waals surface area contributed by atoms with Gasteiger partial charge < -0.3 is 5.73 Å².